The van der Waals surface area contributed by atoms with Gasteiger partial charge in [-0.3, -0.25) is 9.59 Å². The van der Waals surface area contributed by atoms with Crippen LogP contribution in [0.4, 0.5) is 5.69 Å². The highest BCUT2D eigenvalue weighted by atomic mass is 16.5. The molecule has 5 nitrogen and oxygen atoms in total. The molecule has 1 fully saturated rings. The SMILES string of the molecule is CCC1CCC(C(=O)N[C@H](C(=O)Nc2ccc(OC)cc2)C(C)C)CC1. The molecule has 0 spiro atoms. The van der Waals surface area contributed by atoms with Gasteiger partial charge in [0.05, 0.1) is 7.11 Å². The zero-order valence-electron chi connectivity index (χ0n) is 16.4. The Labute approximate surface area is 156 Å². The fourth-order valence-corrected chi connectivity index (χ4v) is 3.53. The molecule has 2 amide bonds. The molecule has 0 heterocycles. The average Bonchev–Trinajstić information content (AvgIpc) is 2.66. The van der Waals surface area contributed by atoms with Crippen LogP contribution in [-0.4, -0.2) is 25.0 Å². The summed E-state index contributed by atoms with van der Waals surface area (Å²) < 4.78 is 5.13. The predicted octanol–water partition coefficient (Wildman–Crippen LogP) is 3.99. The van der Waals surface area contributed by atoms with Gasteiger partial charge < -0.3 is 15.4 Å². The zero-order chi connectivity index (χ0) is 19.1. The molecule has 1 aromatic rings. The molecule has 1 aromatic carbocycles. The smallest absolute Gasteiger partial charge is 0.247 e. The first kappa shape index (κ1) is 20.3. The molecular formula is C21H32N2O3. The molecule has 1 aliphatic carbocycles. The lowest BCUT2D eigenvalue weighted by molar-refractivity contribution is -0.131. The van der Waals surface area contributed by atoms with E-state index < -0.39 is 6.04 Å². The van der Waals surface area contributed by atoms with E-state index >= 15 is 0 Å². The number of anilines is 1. The lowest BCUT2D eigenvalue weighted by atomic mass is 9.80. The number of methoxy groups -OCH3 is 1. The molecule has 2 rings (SSSR count). The van der Waals surface area contributed by atoms with Crippen LogP contribution in [0.25, 0.3) is 0 Å². The molecule has 0 bridgehead atoms. The third-order valence-corrected chi connectivity index (χ3v) is 5.40. The highest BCUT2D eigenvalue weighted by Gasteiger charge is 2.30. The van der Waals surface area contributed by atoms with Crippen molar-refractivity contribution in [2.75, 3.05) is 12.4 Å². The van der Waals surface area contributed by atoms with Crippen molar-refractivity contribution in [2.45, 2.75) is 58.9 Å². The summed E-state index contributed by atoms with van der Waals surface area (Å²) in [6.45, 7) is 6.11. The summed E-state index contributed by atoms with van der Waals surface area (Å²) in [5.41, 5.74) is 0.694. The number of rotatable bonds is 7. The fourth-order valence-electron chi connectivity index (χ4n) is 3.53. The van der Waals surface area contributed by atoms with Gasteiger partial charge in [0.1, 0.15) is 11.8 Å². The monoisotopic (exact) mass is 360 g/mol. The minimum Gasteiger partial charge on any atom is -0.497 e. The summed E-state index contributed by atoms with van der Waals surface area (Å²) in [5, 5.41) is 5.88. The predicted molar refractivity (Wildman–Crippen MR) is 104 cm³/mol. The topological polar surface area (TPSA) is 67.4 Å². The maximum absolute atomic E-state index is 12.7. The Kier molecular flexibility index (Phi) is 7.49. The van der Waals surface area contributed by atoms with Crippen molar-refractivity contribution in [1.82, 2.24) is 5.32 Å². The number of nitrogens with one attached hydrogen (secondary N) is 2. The number of amides is 2. The van der Waals surface area contributed by atoms with Crippen LogP contribution >= 0.6 is 0 Å². The van der Waals surface area contributed by atoms with Crippen LogP contribution in [0.1, 0.15) is 52.9 Å². The van der Waals surface area contributed by atoms with E-state index in [9.17, 15) is 9.59 Å². The number of carbonyl (C=O) groups is 2. The summed E-state index contributed by atoms with van der Waals surface area (Å²) in [5.74, 6) is 1.37. The second kappa shape index (κ2) is 9.60. The van der Waals surface area contributed by atoms with Crippen LogP contribution in [0.3, 0.4) is 0 Å². The first-order chi connectivity index (χ1) is 12.4. The van der Waals surface area contributed by atoms with Crippen LogP contribution in [0.2, 0.25) is 0 Å². The van der Waals surface area contributed by atoms with Gasteiger partial charge in [0.2, 0.25) is 11.8 Å². The van der Waals surface area contributed by atoms with E-state index in [1.807, 2.05) is 13.8 Å². The molecule has 26 heavy (non-hydrogen) atoms. The lowest BCUT2D eigenvalue weighted by Crippen LogP contribution is -2.49. The minimum absolute atomic E-state index is 0.0168. The first-order valence-corrected chi connectivity index (χ1v) is 9.69. The Bertz CT molecular complexity index is 590. The highest BCUT2D eigenvalue weighted by Crippen LogP contribution is 2.30. The highest BCUT2D eigenvalue weighted by molar-refractivity contribution is 5.97. The van der Waals surface area contributed by atoms with Crippen LogP contribution < -0.4 is 15.4 Å². The molecule has 2 N–H and O–H groups in total. The van der Waals surface area contributed by atoms with Gasteiger partial charge in [0.25, 0.3) is 0 Å². The molecule has 0 saturated heterocycles. The van der Waals surface area contributed by atoms with Gasteiger partial charge in [0.15, 0.2) is 0 Å². The first-order valence-electron chi connectivity index (χ1n) is 9.69. The van der Waals surface area contributed by atoms with Crippen LogP contribution in [0, 0.1) is 17.8 Å². The van der Waals surface area contributed by atoms with Crippen LogP contribution in [0.15, 0.2) is 24.3 Å². The molecular weight excluding hydrogens is 328 g/mol. The van der Waals surface area contributed by atoms with Gasteiger partial charge in [-0.25, -0.2) is 0 Å². The molecule has 0 radical (unpaired) electrons. The van der Waals surface area contributed by atoms with Gasteiger partial charge in [-0.2, -0.15) is 0 Å². The third kappa shape index (κ3) is 5.48. The van der Waals surface area contributed by atoms with Crippen LogP contribution in [0.5, 0.6) is 5.75 Å². The molecule has 0 unspecified atom stereocenters. The molecule has 0 aromatic heterocycles. The standard InChI is InChI=1S/C21H32N2O3/c1-5-15-6-8-16(9-7-15)20(24)23-19(14(2)3)21(25)22-17-10-12-18(26-4)13-11-17/h10-16,19H,5-9H2,1-4H3,(H,22,25)(H,23,24)/t15?,16?,19-/m0/s1. The number of ether oxygens (including phenoxy) is 1. The van der Waals surface area contributed by atoms with Crippen molar-refractivity contribution in [3.05, 3.63) is 24.3 Å². The number of carbonyl (C=O) groups excluding carboxylic acids is 2. The Hall–Kier alpha value is -2.04. The van der Waals surface area contributed by atoms with Crippen molar-refractivity contribution in [1.29, 1.82) is 0 Å². The number of benzene rings is 1. The second-order valence-corrected chi connectivity index (χ2v) is 7.57. The Balaban J connectivity index is 1.94. The van der Waals surface area contributed by atoms with Gasteiger partial charge in [-0.1, -0.05) is 27.2 Å². The van der Waals surface area contributed by atoms with Crippen molar-refractivity contribution in [3.63, 3.8) is 0 Å². The maximum atomic E-state index is 12.7. The summed E-state index contributed by atoms with van der Waals surface area (Å²) in [6, 6.07) is 6.65. The fraction of sp³-hybridized carbons (Fsp3) is 0.619. The lowest BCUT2D eigenvalue weighted by Gasteiger charge is -2.29. The minimum atomic E-state index is -0.534. The van der Waals surface area contributed by atoms with Crippen LogP contribution in [-0.2, 0) is 9.59 Å². The van der Waals surface area contributed by atoms with E-state index in [2.05, 4.69) is 17.6 Å². The van der Waals surface area contributed by atoms with Gasteiger partial charge in [0, 0.05) is 11.6 Å². The van der Waals surface area contributed by atoms with E-state index in [1.54, 1.807) is 31.4 Å². The number of hydrogen-bond acceptors (Lipinski definition) is 3. The molecule has 1 saturated carbocycles. The quantitative estimate of drug-likeness (QED) is 0.772. The van der Waals surface area contributed by atoms with Crippen molar-refractivity contribution < 1.29 is 14.3 Å². The molecule has 144 valence electrons. The van der Waals surface area contributed by atoms with E-state index in [0.717, 1.165) is 37.4 Å². The largest absolute Gasteiger partial charge is 0.497 e. The maximum Gasteiger partial charge on any atom is 0.247 e. The van der Waals surface area contributed by atoms with E-state index in [0.29, 0.717) is 5.69 Å². The summed E-state index contributed by atoms with van der Waals surface area (Å²) in [6.07, 6.45) is 5.26. The van der Waals surface area contributed by atoms with Gasteiger partial charge in [-0.05, 0) is 61.8 Å². The van der Waals surface area contributed by atoms with Gasteiger partial charge in [-0.15, -0.1) is 0 Å². The Morgan fingerprint density at radius 2 is 1.73 bits per heavy atom. The van der Waals surface area contributed by atoms with E-state index in [4.69, 9.17) is 4.74 Å². The summed E-state index contributed by atoms with van der Waals surface area (Å²) in [4.78, 5) is 25.3. The number of hydrogen-bond donors (Lipinski definition) is 2. The summed E-state index contributed by atoms with van der Waals surface area (Å²) >= 11 is 0. The zero-order valence-corrected chi connectivity index (χ0v) is 16.4. The third-order valence-electron chi connectivity index (χ3n) is 5.40. The molecule has 0 aliphatic heterocycles. The molecule has 1 atom stereocenters. The van der Waals surface area contributed by atoms with E-state index in [1.165, 1.54) is 6.42 Å². The van der Waals surface area contributed by atoms with Crippen molar-refractivity contribution in [2.24, 2.45) is 17.8 Å². The average molecular weight is 360 g/mol. The van der Waals surface area contributed by atoms with Gasteiger partial charge >= 0.3 is 0 Å². The summed E-state index contributed by atoms with van der Waals surface area (Å²) in [7, 11) is 1.60. The van der Waals surface area contributed by atoms with E-state index in [-0.39, 0.29) is 23.7 Å². The molecule has 1 aliphatic rings. The Morgan fingerprint density at radius 1 is 1.12 bits per heavy atom. The molecule has 5 heteroatoms. The normalized spacial score (nSPS) is 21.1. The Morgan fingerprint density at radius 3 is 2.23 bits per heavy atom. The second-order valence-electron chi connectivity index (χ2n) is 7.57. The van der Waals surface area contributed by atoms with Crippen molar-refractivity contribution >= 4 is 17.5 Å². The van der Waals surface area contributed by atoms with Crippen molar-refractivity contribution in [3.8, 4) is 5.75 Å².